The van der Waals surface area contributed by atoms with Crippen LogP contribution in [0, 0.1) is 5.92 Å². The van der Waals surface area contributed by atoms with E-state index in [0.717, 1.165) is 32.1 Å². The second-order valence-electron chi connectivity index (χ2n) is 4.94. The molecule has 1 aliphatic rings. The Balaban J connectivity index is 2.44. The minimum absolute atomic E-state index is 0.0435. The molecule has 0 aromatic carbocycles. The Bertz CT molecular complexity index is 325. The van der Waals surface area contributed by atoms with Crippen molar-refractivity contribution in [2.45, 2.75) is 57.2 Å². The Morgan fingerprint density at radius 3 is 2.26 bits per heavy atom. The van der Waals surface area contributed by atoms with Gasteiger partial charge in [0.05, 0.1) is 0 Å². The molecule has 1 atom stereocenters. The second kappa shape index (κ2) is 6.77. The number of halogens is 3. The van der Waals surface area contributed by atoms with Gasteiger partial charge in [-0.1, -0.05) is 32.1 Å². The van der Waals surface area contributed by atoms with Crippen LogP contribution in [0.1, 0.15) is 44.9 Å². The summed E-state index contributed by atoms with van der Waals surface area (Å²) in [6.45, 7) is 0. The van der Waals surface area contributed by atoms with E-state index >= 15 is 0 Å². The van der Waals surface area contributed by atoms with Crippen LogP contribution in [-0.4, -0.2) is 29.2 Å². The topological polar surface area (TPSA) is 66.4 Å². The number of nitrogens with one attached hydrogen (secondary N) is 1. The maximum atomic E-state index is 12.1. The van der Waals surface area contributed by atoms with Gasteiger partial charge in [-0.15, -0.1) is 0 Å². The zero-order valence-corrected chi connectivity index (χ0v) is 10.5. The lowest BCUT2D eigenvalue weighted by atomic mass is 9.85. The summed E-state index contributed by atoms with van der Waals surface area (Å²) in [6, 6.07) is -1.46. The van der Waals surface area contributed by atoms with E-state index in [1.807, 2.05) is 0 Å². The average molecular weight is 281 g/mol. The Morgan fingerprint density at radius 1 is 1.21 bits per heavy atom. The highest BCUT2D eigenvalue weighted by Gasteiger charge is 2.40. The van der Waals surface area contributed by atoms with E-state index < -0.39 is 24.1 Å². The van der Waals surface area contributed by atoms with E-state index in [1.165, 1.54) is 5.32 Å². The van der Waals surface area contributed by atoms with Crippen molar-refractivity contribution in [3.8, 4) is 0 Å². The lowest BCUT2D eigenvalue weighted by Gasteiger charge is -2.23. The van der Waals surface area contributed by atoms with E-state index in [0.29, 0.717) is 12.3 Å². The van der Waals surface area contributed by atoms with Gasteiger partial charge in [-0.2, -0.15) is 13.2 Å². The largest absolute Gasteiger partial charge is 0.480 e. The van der Waals surface area contributed by atoms with Crippen molar-refractivity contribution >= 4 is 11.9 Å². The minimum Gasteiger partial charge on any atom is -0.480 e. The molecule has 1 rings (SSSR count). The van der Waals surface area contributed by atoms with Gasteiger partial charge in [0.15, 0.2) is 0 Å². The summed E-state index contributed by atoms with van der Waals surface area (Å²) in [5, 5.41) is 10.4. The van der Waals surface area contributed by atoms with Crippen molar-refractivity contribution in [3.05, 3.63) is 0 Å². The number of hydrogen-bond acceptors (Lipinski definition) is 2. The monoisotopic (exact) mass is 281 g/mol. The summed E-state index contributed by atoms with van der Waals surface area (Å²) >= 11 is 0. The molecule has 0 aromatic rings. The van der Waals surface area contributed by atoms with Gasteiger partial charge in [0.2, 0.25) is 0 Å². The summed E-state index contributed by atoms with van der Waals surface area (Å²) in [5.74, 6) is -3.25. The lowest BCUT2D eigenvalue weighted by molar-refractivity contribution is -0.175. The van der Waals surface area contributed by atoms with Crippen LogP contribution in [0.5, 0.6) is 0 Å². The van der Waals surface area contributed by atoms with E-state index in [9.17, 15) is 22.8 Å². The molecule has 110 valence electrons. The minimum atomic E-state index is -5.04. The Morgan fingerprint density at radius 2 is 1.79 bits per heavy atom. The molecule has 1 fully saturated rings. The van der Waals surface area contributed by atoms with Crippen molar-refractivity contribution in [1.82, 2.24) is 5.32 Å². The first-order valence-corrected chi connectivity index (χ1v) is 6.41. The van der Waals surface area contributed by atoms with Gasteiger partial charge in [-0.25, -0.2) is 4.79 Å². The number of carbonyl (C=O) groups excluding carboxylic acids is 1. The third-order valence-corrected chi connectivity index (χ3v) is 3.45. The molecule has 4 nitrogen and oxygen atoms in total. The summed E-state index contributed by atoms with van der Waals surface area (Å²) in [4.78, 5) is 21.6. The maximum absolute atomic E-state index is 12.1. The fourth-order valence-corrected chi connectivity index (χ4v) is 2.38. The first kappa shape index (κ1) is 15.8. The Kier molecular flexibility index (Phi) is 5.62. The molecule has 0 spiro atoms. The molecular weight excluding hydrogens is 263 g/mol. The number of carbonyl (C=O) groups is 2. The van der Waals surface area contributed by atoms with Crippen LogP contribution < -0.4 is 5.32 Å². The van der Waals surface area contributed by atoms with Gasteiger partial charge < -0.3 is 10.4 Å². The molecule has 0 saturated heterocycles. The second-order valence-corrected chi connectivity index (χ2v) is 4.94. The third-order valence-electron chi connectivity index (χ3n) is 3.45. The van der Waals surface area contributed by atoms with Crippen LogP contribution in [0.2, 0.25) is 0 Å². The van der Waals surface area contributed by atoms with Crippen LogP contribution in [0.4, 0.5) is 13.2 Å². The van der Waals surface area contributed by atoms with Gasteiger partial charge >= 0.3 is 18.1 Å². The predicted octanol–water partition coefficient (Wildman–Crippen LogP) is 2.48. The zero-order chi connectivity index (χ0) is 14.5. The van der Waals surface area contributed by atoms with E-state index in [-0.39, 0.29) is 6.42 Å². The molecule has 0 bridgehead atoms. The van der Waals surface area contributed by atoms with Crippen LogP contribution in [0.3, 0.4) is 0 Å². The van der Waals surface area contributed by atoms with Gasteiger partial charge in [0.25, 0.3) is 0 Å². The average Bonchev–Trinajstić information content (AvgIpc) is 2.33. The van der Waals surface area contributed by atoms with Crippen LogP contribution in [0.15, 0.2) is 0 Å². The van der Waals surface area contributed by atoms with E-state index in [2.05, 4.69) is 0 Å². The number of hydrogen-bond donors (Lipinski definition) is 2. The summed E-state index contributed by atoms with van der Waals surface area (Å²) in [5.41, 5.74) is 0. The molecule has 1 saturated carbocycles. The number of carboxylic acid groups (broad SMARTS) is 1. The van der Waals surface area contributed by atoms with Crippen molar-refractivity contribution in [2.75, 3.05) is 0 Å². The maximum Gasteiger partial charge on any atom is 0.471 e. The van der Waals surface area contributed by atoms with Crippen LogP contribution in [-0.2, 0) is 9.59 Å². The molecule has 19 heavy (non-hydrogen) atoms. The van der Waals surface area contributed by atoms with E-state index in [1.54, 1.807) is 0 Å². The summed E-state index contributed by atoms with van der Waals surface area (Å²) < 4.78 is 36.2. The Labute approximate surface area is 109 Å². The summed E-state index contributed by atoms with van der Waals surface area (Å²) in [6.07, 6.45) is 0.826. The first-order chi connectivity index (χ1) is 8.80. The van der Waals surface area contributed by atoms with Gasteiger partial charge in [0, 0.05) is 0 Å². The quantitative estimate of drug-likeness (QED) is 0.813. The fraction of sp³-hybridized carbons (Fsp3) is 0.833. The normalized spacial score (nSPS) is 18.9. The number of alkyl halides is 3. The van der Waals surface area contributed by atoms with Gasteiger partial charge in [-0.05, 0) is 18.8 Å². The fourth-order valence-electron chi connectivity index (χ4n) is 2.38. The highest BCUT2D eigenvalue weighted by molar-refractivity contribution is 5.86. The number of rotatable bonds is 5. The number of amides is 1. The van der Waals surface area contributed by atoms with Gasteiger partial charge in [-0.3, -0.25) is 4.79 Å². The van der Waals surface area contributed by atoms with Crippen molar-refractivity contribution in [2.24, 2.45) is 5.92 Å². The van der Waals surface area contributed by atoms with Crippen LogP contribution in [0.25, 0.3) is 0 Å². The van der Waals surface area contributed by atoms with Crippen LogP contribution >= 0.6 is 0 Å². The molecular formula is C12H18F3NO3. The van der Waals surface area contributed by atoms with E-state index in [4.69, 9.17) is 5.11 Å². The van der Waals surface area contributed by atoms with Crippen molar-refractivity contribution < 1.29 is 27.9 Å². The summed E-state index contributed by atoms with van der Waals surface area (Å²) in [7, 11) is 0. The molecule has 0 heterocycles. The Hall–Kier alpha value is -1.27. The molecule has 0 aliphatic heterocycles. The molecule has 0 radical (unpaired) electrons. The van der Waals surface area contributed by atoms with Gasteiger partial charge in [0.1, 0.15) is 6.04 Å². The molecule has 1 aliphatic carbocycles. The molecule has 0 unspecified atom stereocenters. The molecule has 1 amide bonds. The standard InChI is InChI=1S/C12H18F3NO3/c13-12(14,15)11(19)16-9(10(17)18)7-6-8-4-2-1-3-5-8/h8-9H,1-7H2,(H,16,19)(H,17,18)/t9-/m0/s1. The SMILES string of the molecule is O=C(O)[C@H](CCC1CCCCC1)NC(=O)C(F)(F)F. The van der Waals surface area contributed by atoms with Crippen molar-refractivity contribution in [3.63, 3.8) is 0 Å². The molecule has 0 aromatic heterocycles. The smallest absolute Gasteiger partial charge is 0.471 e. The third kappa shape index (κ3) is 5.48. The molecule has 2 N–H and O–H groups in total. The highest BCUT2D eigenvalue weighted by atomic mass is 19.4. The molecule has 7 heteroatoms. The lowest BCUT2D eigenvalue weighted by Crippen LogP contribution is -2.47. The first-order valence-electron chi connectivity index (χ1n) is 6.41. The van der Waals surface area contributed by atoms with Crippen molar-refractivity contribution in [1.29, 1.82) is 0 Å². The highest BCUT2D eigenvalue weighted by Crippen LogP contribution is 2.27. The zero-order valence-electron chi connectivity index (χ0n) is 10.5. The predicted molar refractivity (Wildman–Crippen MR) is 61.4 cm³/mol. The number of aliphatic carboxylic acids is 1. The number of carboxylic acids is 1.